The molecule has 4 heterocycles. The van der Waals surface area contributed by atoms with Gasteiger partial charge in [-0.15, -0.1) is 0 Å². The number of benzene rings is 2. The lowest BCUT2D eigenvalue weighted by atomic mass is 9.98. The Kier molecular flexibility index (Phi) is 7.16. The Morgan fingerprint density at radius 2 is 1.85 bits per heavy atom. The first kappa shape index (κ1) is 26.3. The highest BCUT2D eigenvalue weighted by atomic mass is 35.5. The molecular formula is C30H28ClN5O3S. The molecule has 0 radical (unpaired) electrons. The van der Waals surface area contributed by atoms with Crippen molar-refractivity contribution in [2.24, 2.45) is 5.92 Å². The van der Waals surface area contributed by atoms with Gasteiger partial charge in [-0.25, -0.2) is 0 Å². The number of nitro benzene ring substituents is 1. The van der Waals surface area contributed by atoms with Gasteiger partial charge in [-0.1, -0.05) is 24.6 Å². The van der Waals surface area contributed by atoms with Gasteiger partial charge in [0.25, 0.3) is 5.69 Å². The van der Waals surface area contributed by atoms with E-state index in [1.807, 2.05) is 41.3 Å². The average molecular weight is 574 g/mol. The molecule has 8 nitrogen and oxygen atoms in total. The van der Waals surface area contributed by atoms with Crippen LogP contribution in [0.1, 0.15) is 43.3 Å². The summed E-state index contributed by atoms with van der Waals surface area (Å²) in [5, 5.41) is 15.8. The fourth-order valence-electron chi connectivity index (χ4n) is 5.49. The van der Waals surface area contributed by atoms with Crippen molar-refractivity contribution < 1.29 is 9.34 Å². The minimum atomic E-state index is -0.417. The molecule has 2 fully saturated rings. The highest BCUT2D eigenvalue weighted by Gasteiger charge is 2.43. The Bertz CT molecular complexity index is 1540. The Hall–Kier alpha value is -3.95. The molecule has 2 aliphatic heterocycles. The van der Waals surface area contributed by atoms with Gasteiger partial charge in [0.2, 0.25) is 0 Å². The molecule has 2 aliphatic rings. The van der Waals surface area contributed by atoms with Crippen molar-refractivity contribution in [3.05, 3.63) is 106 Å². The van der Waals surface area contributed by atoms with Gasteiger partial charge in [0.1, 0.15) is 17.6 Å². The summed E-state index contributed by atoms with van der Waals surface area (Å²) in [6, 6.07) is 21.4. The predicted octanol–water partition coefficient (Wildman–Crippen LogP) is 7.32. The van der Waals surface area contributed by atoms with E-state index in [1.54, 1.807) is 18.3 Å². The summed E-state index contributed by atoms with van der Waals surface area (Å²) < 4.78 is 6.38. The normalized spacial score (nSPS) is 19.6. The third kappa shape index (κ3) is 5.02. The van der Waals surface area contributed by atoms with Crippen LogP contribution in [0.2, 0.25) is 5.02 Å². The maximum absolute atomic E-state index is 11.1. The topological polar surface area (TPSA) is 87.7 Å². The van der Waals surface area contributed by atoms with Crippen molar-refractivity contribution in [3.8, 4) is 11.3 Å². The van der Waals surface area contributed by atoms with Crippen LogP contribution >= 0.6 is 23.8 Å². The van der Waals surface area contributed by atoms with Crippen molar-refractivity contribution in [2.75, 3.05) is 22.9 Å². The molecule has 2 aromatic carbocycles. The van der Waals surface area contributed by atoms with Crippen molar-refractivity contribution in [1.82, 2.24) is 10.3 Å². The monoisotopic (exact) mass is 573 g/mol. The number of rotatable bonds is 6. The molecule has 2 saturated heterocycles. The first-order valence-corrected chi connectivity index (χ1v) is 14.1. The molecule has 4 aromatic rings. The number of furan rings is 1. The van der Waals surface area contributed by atoms with Crippen LogP contribution in [0.15, 0.2) is 83.4 Å². The zero-order chi connectivity index (χ0) is 27.8. The van der Waals surface area contributed by atoms with Crippen LogP contribution in [0, 0.1) is 16.0 Å². The quantitative estimate of drug-likeness (QED) is 0.146. The zero-order valence-corrected chi connectivity index (χ0v) is 23.4. The molecule has 0 spiro atoms. The van der Waals surface area contributed by atoms with Crippen LogP contribution < -0.4 is 15.1 Å². The molecular weight excluding hydrogens is 546 g/mol. The average Bonchev–Trinajstić information content (AvgIpc) is 3.59. The van der Waals surface area contributed by atoms with Gasteiger partial charge in [0.15, 0.2) is 5.11 Å². The number of hydrogen-bond acceptors (Lipinski definition) is 6. The Labute approximate surface area is 242 Å². The molecule has 2 atom stereocenters. The molecule has 2 aromatic heterocycles. The number of aromatic nitrogens is 1. The van der Waals surface area contributed by atoms with Crippen molar-refractivity contribution in [1.29, 1.82) is 0 Å². The van der Waals surface area contributed by atoms with Gasteiger partial charge >= 0.3 is 0 Å². The van der Waals surface area contributed by atoms with Gasteiger partial charge in [-0.05, 0) is 85.6 Å². The van der Waals surface area contributed by atoms with Crippen molar-refractivity contribution in [3.63, 3.8) is 0 Å². The maximum atomic E-state index is 11.1. The second-order valence-corrected chi connectivity index (χ2v) is 11.1. The van der Waals surface area contributed by atoms with E-state index in [-0.39, 0.29) is 17.8 Å². The molecule has 40 heavy (non-hydrogen) atoms. The standard InChI is InChI=1S/C30H28ClN5O3S/c1-19-13-16-34(17-14-19)25-10-9-22(18-23(25)31)35-29(28(33-30(35)40)24-4-2-3-15-32-24)27-12-11-26(39-27)20-5-7-21(8-6-20)36(37)38/h2-12,15,18-19,28-29H,13-14,16-17H2,1H3,(H,33,40)/t28-,29+/m1/s1. The second-order valence-electron chi connectivity index (χ2n) is 10.3. The van der Waals surface area contributed by atoms with E-state index in [0.717, 1.165) is 54.5 Å². The van der Waals surface area contributed by atoms with Crippen LogP contribution in [-0.2, 0) is 0 Å². The fraction of sp³-hybridized carbons (Fsp3) is 0.267. The summed E-state index contributed by atoms with van der Waals surface area (Å²) in [4.78, 5) is 19.7. The number of pyridine rings is 1. The van der Waals surface area contributed by atoms with Gasteiger partial charge < -0.3 is 19.5 Å². The van der Waals surface area contributed by atoms with Crippen molar-refractivity contribution >= 4 is 46.0 Å². The van der Waals surface area contributed by atoms with E-state index in [2.05, 4.69) is 34.3 Å². The second kappa shape index (κ2) is 10.9. The maximum Gasteiger partial charge on any atom is 0.269 e. The number of thiocarbonyl (C=S) groups is 1. The largest absolute Gasteiger partial charge is 0.459 e. The summed E-state index contributed by atoms with van der Waals surface area (Å²) in [5.41, 5.74) is 3.49. The summed E-state index contributed by atoms with van der Waals surface area (Å²) in [6.07, 6.45) is 4.07. The molecule has 6 rings (SSSR count). The summed E-state index contributed by atoms with van der Waals surface area (Å²) in [6.45, 7) is 4.28. The van der Waals surface area contributed by atoms with Gasteiger partial charge in [-0.3, -0.25) is 15.1 Å². The SMILES string of the molecule is CC1CCN(c2ccc(N3C(=S)N[C@H](c4ccccn4)[C@@H]3c3ccc(-c4ccc([N+](=O)[O-])cc4)o3)cc2Cl)CC1. The lowest BCUT2D eigenvalue weighted by Crippen LogP contribution is -2.33. The van der Waals surface area contributed by atoms with E-state index in [1.165, 1.54) is 12.1 Å². The molecule has 0 amide bonds. The summed E-state index contributed by atoms with van der Waals surface area (Å²) in [7, 11) is 0. The lowest BCUT2D eigenvalue weighted by molar-refractivity contribution is -0.384. The number of halogens is 1. The van der Waals surface area contributed by atoms with E-state index in [9.17, 15) is 10.1 Å². The number of nitro groups is 1. The number of non-ortho nitro benzene ring substituents is 1. The number of nitrogens with zero attached hydrogens (tertiary/aromatic N) is 4. The Morgan fingerprint density at radius 1 is 1.07 bits per heavy atom. The summed E-state index contributed by atoms with van der Waals surface area (Å²) in [5.74, 6) is 2.02. The third-order valence-corrected chi connectivity index (χ3v) is 8.33. The van der Waals surface area contributed by atoms with E-state index < -0.39 is 4.92 Å². The molecule has 204 valence electrons. The van der Waals surface area contributed by atoms with Crippen LogP contribution in [0.5, 0.6) is 0 Å². The Morgan fingerprint density at radius 3 is 2.52 bits per heavy atom. The van der Waals surface area contributed by atoms with Gasteiger partial charge in [-0.2, -0.15) is 0 Å². The number of anilines is 2. The predicted molar refractivity (Wildman–Crippen MR) is 161 cm³/mol. The third-order valence-electron chi connectivity index (χ3n) is 7.71. The van der Waals surface area contributed by atoms with Crippen LogP contribution in [0.4, 0.5) is 17.1 Å². The van der Waals surface area contributed by atoms with Crippen LogP contribution in [0.25, 0.3) is 11.3 Å². The molecule has 0 aliphatic carbocycles. The Balaban J connectivity index is 1.36. The van der Waals surface area contributed by atoms with E-state index in [4.69, 9.17) is 28.2 Å². The van der Waals surface area contributed by atoms with E-state index in [0.29, 0.717) is 21.7 Å². The van der Waals surface area contributed by atoms with Gasteiger partial charge in [0, 0.05) is 42.7 Å². The fourth-order valence-corrected chi connectivity index (χ4v) is 6.13. The molecule has 0 saturated carbocycles. The summed E-state index contributed by atoms with van der Waals surface area (Å²) >= 11 is 12.7. The smallest absolute Gasteiger partial charge is 0.269 e. The highest BCUT2D eigenvalue weighted by Crippen LogP contribution is 2.44. The first-order chi connectivity index (χ1) is 19.4. The zero-order valence-electron chi connectivity index (χ0n) is 21.9. The van der Waals surface area contributed by atoms with Crippen LogP contribution in [0.3, 0.4) is 0 Å². The number of hydrogen-bond donors (Lipinski definition) is 1. The molecule has 0 bridgehead atoms. The van der Waals surface area contributed by atoms with Crippen molar-refractivity contribution in [2.45, 2.75) is 31.8 Å². The minimum absolute atomic E-state index is 0.0293. The van der Waals surface area contributed by atoms with E-state index >= 15 is 0 Å². The highest BCUT2D eigenvalue weighted by molar-refractivity contribution is 7.80. The number of piperidine rings is 1. The first-order valence-electron chi connectivity index (χ1n) is 13.3. The van der Waals surface area contributed by atoms with Gasteiger partial charge in [0.05, 0.1) is 27.4 Å². The number of nitrogens with one attached hydrogen (secondary N) is 1. The lowest BCUT2D eigenvalue weighted by Gasteiger charge is -2.33. The minimum Gasteiger partial charge on any atom is -0.459 e. The molecule has 1 N–H and O–H groups in total. The molecule has 0 unspecified atom stereocenters. The molecule has 10 heteroatoms. The van der Waals surface area contributed by atoms with Crippen LogP contribution in [-0.4, -0.2) is 28.1 Å².